The summed E-state index contributed by atoms with van der Waals surface area (Å²) in [6.07, 6.45) is 1.76. The summed E-state index contributed by atoms with van der Waals surface area (Å²) in [5.74, 6) is 0.894. The van der Waals surface area contributed by atoms with Crippen LogP contribution in [0.5, 0.6) is 5.75 Å². The number of rotatable bonds is 7. The van der Waals surface area contributed by atoms with Gasteiger partial charge >= 0.3 is 0 Å². The summed E-state index contributed by atoms with van der Waals surface area (Å²) in [7, 11) is 0. The van der Waals surface area contributed by atoms with Crippen LogP contribution in [0.4, 0.5) is 5.13 Å². The highest BCUT2D eigenvalue weighted by molar-refractivity contribution is 7.13. The molecule has 8 nitrogen and oxygen atoms in total. The third-order valence-corrected chi connectivity index (χ3v) is 7.21. The second-order valence-corrected chi connectivity index (χ2v) is 9.80. The molecule has 0 atom stereocenters. The Labute approximate surface area is 201 Å². The molecule has 0 N–H and O–H groups in total. The Morgan fingerprint density at radius 1 is 1.18 bits per heavy atom. The Morgan fingerprint density at radius 2 is 1.91 bits per heavy atom. The number of carbonyl (C=O) groups excluding carboxylic acids is 2. The van der Waals surface area contributed by atoms with Crippen LogP contribution in [0.25, 0.3) is 0 Å². The molecule has 174 valence electrons. The molecule has 3 heterocycles. The molecule has 2 aromatic heterocycles. The van der Waals surface area contributed by atoms with Gasteiger partial charge in [0, 0.05) is 36.5 Å². The van der Waals surface area contributed by atoms with Gasteiger partial charge in [-0.25, -0.2) is 4.98 Å². The summed E-state index contributed by atoms with van der Waals surface area (Å²) in [5.41, 5.74) is 2.72. The lowest BCUT2D eigenvalue weighted by Gasteiger charge is -2.31. The predicted molar refractivity (Wildman–Crippen MR) is 129 cm³/mol. The molecule has 4 rings (SSSR count). The Hall–Kier alpha value is -2.85. The van der Waals surface area contributed by atoms with E-state index in [1.165, 1.54) is 22.7 Å². The van der Waals surface area contributed by atoms with Crippen molar-refractivity contribution in [3.8, 4) is 5.75 Å². The first-order chi connectivity index (χ1) is 16.0. The van der Waals surface area contributed by atoms with Gasteiger partial charge in [-0.1, -0.05) is 11.3 Å². The Balaban J connectivity index is 1.35. The molecule has 0 bridgehead atoms. The molecule has 1 fully saturated rings. The molecular weight excluding hydrogens is 458 g/mol. The normalized spacial score (nSPS) is 14.5. The van der Waals surface area contributed by atoms with E-state index < -0.39 is 0 Å². The zero-order chi connectivity index (χ0) is 23.4. The summed E-state index contributed by atoms with van der Waals surface area (Å²) >= 11 is 2.85. The van der Waals surface area contributed by atoms with E-state index in [1.807, 2.05) is 55.3 Å². The zero-order valence-corrected chi connectivity index (χ0v) is 20.6. The van der Waals surface area contributed by atoms with Gasteiger partial charge in [0.1, 0.15) is 17.0 Å². The average Bonchev–Trinajstić information content (AvgIpc) is 3.52. The smallest absolute Gasteiger partial charge is 0.279 e. The number of benzene rings is 1. The Kier molecular flexibility index (Phi) is 7.34. The van der Waals surface area contributed by atoms with Crippen LogP contribution in [-0.4, -0.2) is 57.6 Å². The van der Waals surface area contributed by atoms with Gasteiger partial charge in [0.2, 0.25) is 5.13 Å². The fourth-order valence-electron chi connectivity index (χ4n) is 3.82. The number of thiazole rings is 1. The van der Waals surface area contributed by atoms with Crippen LogP contribution in [0, 0.1) is 0 Å². The van der Waals surface area contributed by atoms with Crippen LogP contribution in [0.15, 0.2) is 35.2 Å². The van der Waals surface area contributed by atoms with Crippen molar-refractivity contribution < 1.29 is 14.3 Å². The van der Waals surface area contributed by atoms with Crippen LogP contribution in [0.3, 0.4) is 0 Å². The first-order valence-corrected chi connectivity index (χ1v) is 12.8. The standard InChI is InChI=1S/C23H27N5O3S2/c1-4-28(23-26-24-14-33-23)22(30)19-13-32-20(25-19)16-9-11-27(12-10-16)21(29)17-5-7-18(8-6-17)31-15(2)3/h5-8,13-16H,4,9-12H2,1-3H3. The molecule has 1 saturated heterocycles. The maximum absolute atomic E-state index is 12.9. The lowest BCUT2D eigenvalue weighted by molar-refractivity contribution is 0.0713. The summed E-state index contributed by atoms with van der Waals surface area (Å²) < 4.78 is 5.66. The minimum atomic E-state index is -0.158. The molecule has 0 aliphatic carbocycles. The number of anilines is 1. The first-order valence-electron chi connectivity index (χ1n) is 11.1. The molecule has 2 amide bonds. The second kappa shape index (κ2) is 10.4. The van der Waals surface area contributed by atoms with E-state index >= 15 is 0 Å². The van der Waals surface area contributed by atoms with Crippen LogP contribution in [0.2, 0.25) is 0 Å². The second-order valence-electron chi connectivity index (χ2n) is 8.10. The number of amides is 2. The highest BCUT2D eigenvalue weighted by atomic mass is 32.1. The molecule has 1 aliphatic rings. The van der Waals surface area contributed by atoms with E-state index in [-0.39, 0.29) is 23.8 Å². The SMILES string of the molecule is CCN(C(=O)c1csc(C2CCN(C(=O)c3ccc(OC(C)C)cc3)CC2)n1)c1nncs1. The van der Waals surface area contributed by atoms with Gasteiger partial charge in [-0.2, -0.15) is 0 Å². The average molecular weight is 486 g/mol. The molecule has 1 aliphatic heterocycles. The molecule has 0 unspecified atom stereocenters. The molecule has 33 heavy (non-hydrogen) atoms. The maximum atomic E-state index is 12.9. The van der Waals surface area contributed by atoms with Gasteiger partial charge in [-0.15, -0.1) is 21.5 Å². The molecule has 0 spiro atoms. The van der Waals surface area contributed by atoms with E-state index in [0.29, 0.717) is 36.0 Å². The van der Waals surface area contributed by atoms with Crippen LogP contribution in [0.1, 0.15) is 65.4 Å². The van der Waals surface area contributed by atoms with Crippen LogP contribution < -0.4 is 9.64 Å². The van der Waals surface area contributed by atoms with E-state index in [4.69, 9.17) is 4.74 Å². The maximum Gasteiger partial charge on any atom is 0.279 e. The van der Waals surface area contributed by atoms with E-state index in [9.17, 15) is 9.59 Å². The van der Waals surface area contributed by atoms with Gasteiger partial charge in [-0.05, 0) is 57.9 Å². The molecule has 10 heteroatoms. The van der Waals surface area contributed by atoms with Crippen molar-refractivity contribution in [1.29, 1.82) is 0 Å². The Morgan fingerprint density at radius 3 is 2.52 bits per heavy atom. The van der Waals surface area contributed by atoms with Crippen molar-refractivity contribution in [3.63, 3.8) is 0 Å². The minimum absolute atomic E-state index is 0.0372. The lowest BCUT2D eigenvalue weighted by Crippen LogP contribution is -2.38. The summed E-state index contributed by atoms with van der Waals surface area (Å²) in [6.45, 7) is 7.70. The molecular formula is C23H27N5O3S2. The van der Waals surface area contributed by atoms with Crippen molar-refractivity contribution in [2.24, 2.45) is 0 Å². The number of likely N-dealkylation sites (tertiary alicyclic amines) is 1. The third-order valence-electron chi connectivity index (χ3n) is 5.49. The summed E-state index contributed by atoms with van der Waals surface area (Å²) in [4.78, 5) is 33.9. The van der Waals surface area contributed by atoms with Gasteiger partial charge in [0.15, 0.2) is 0 Å². The van der Waals surface area contributed by atoms with Gasteiger partial charge in [-0.3, -0.25) is 14.5 Å². The van der Waals surface area contributed by atoms with Crippen molar-refractivity contribution in [2.45, 2.75) is 45.6 Å². The monoisotopic (exact) mass is 485 g/mol. The third kappa shape index (κ3) is 5.39. The fourth-order valence-corrected chi connectivity index (χ4v) is 5.41. The summed E-state index contributed by atoms with van der Waals surface area (Å²) in [6, 6.07) is 7.33. The van der Waals surface area contributed by atoms with E-state index in [0.717, 1.165) is 23.6 Å². The predicted octanol–water partition coefficient (Wildman–Crippen LogP) is 4.47. The van der Waals surface area contributed by atoms with Crippen molar-refractivity contribution in [1.82, 2.24) is 20.1 Å². The van der Waals surface area contributed by atoms with Crippen LogP contribution >= 0.6 is 22.7 Å². The molecule has 0 radical (unpaired) electrons. The number of ether oxygens (including phenoxy) is 1. The van der Waals surface area contributed by atoms with Crippen molar-refractivity contribution >= 4 is 39.6 Å². The highest BCUT2D eigenvalue weighted by Gasteiger charge is 2.28. The number of hydrogen-bond acceptors (Lipinski definition) is 8. The quantitative estimate of drug-likeness (QED) is 0.491. The largest absolute Gasteiger partial charge is 0.491 e. The van der Waals surface area contributed by atoms with Crippen LogP contribution in [-0.2, 0) is 0 Å². The molecule has 3 aromatic rings. The van der Waals surface area contributed by atoms with Crippen molar-refractivity contribution in [2.75, 3.05) is 24.5 Å². The lowest BCUT2D eigenvalue weighted by atomic mass is 9.97. The first kappa shape index (κ1) is 23.3. The number of nitrogens with zero attached hydrogens (tertiary/aromatic N) is 5. The number of carbonyl (C=O) groups is 2. The molecule has 1 aromatic carbocycles. The van der Waals surface area contributed by atoms with Gasteiger partial charge in [0.05, 0.1) is 11.1 Å². The minimum Gasteiger partial charge on any atom is -0.491 e. The van der Waals surface area contributed by atoms with Gasteiger partial charge in [0.25, 0.3) is 11.8 Å². The number of hydrogen-bond donors (Lipinski definition) is 0. The molecule has 0 saturated carbocycles. The van der Waals surface area contributed by atoms with E-state index in [2.05, 4.69) is 15.2 Å². The fraction of sp³-hybridized carbons (Fsp3) is 0.435. The summed E-state index contributed by atoms with van der Waals surface area (Å²) in [5, 5.41) is 11.2. The number of aromatic nitrogens is 3. The van der Waals surface area contributed by atoms with Crippen molar-refractivity contribution in [3.05, 3.63) is 51.4 Å². The topological polar surface area (TPSA) is 88.5 Å². The zero-order valence-electron chi connectivity index (χ0n) is 18.9. The van der Waals surface area contributed by atoms with Gasteiger partial charge < -0.3 is 9.64 Å². The number of piperidine rings is 1. The van der Waals surface area contributed by atoms with E-state index in [1.54, 1.807) is 10.4 Å². The Bertz CT molecular complexity index is 1070. The highest BCUT2D eigenvalue weighted by Crippen LogP contribution is 2.31.